The second kappa shape index (κ2) is 8.56. The van der Waals surface area contributed by atoms with E-state index in [0.29, 0.717) is 0 Å². The molecule has 5 nitrogen and oxygen atoms in total. The number of hydrogen-bond donors (Lipinski definition) is 1. The van der Waals surface area contributed by atoms with Crippen LogP contribution in [0.5, 0.6) is 5.75 Å². The van der Waals surface area contributed by atoms with E-state index >= 15 is 0 Å². The number of aromatic nitrogens is 2. The van der Waals surface area contributed by atoms with Gasteiger partial charge < -0.3 is 15.0 Å². The molecule has 19 heavy (non-hydrogen) atoms. The summed E-state index contributed by atoms with van der Waals surface area (Å²) in [6.07, 6.45) is 6.26. The predicted octanol–water partition coefficient (Wildman–Crippen LogP) is 2.93. The van der Waals surface area contributed by atoms with Crippen LogP contribution in [0.15, 0.2) is 6.33 Å². The number of hydrogen-bond acceptors (Lipinski definition) is 5. The molecule has 5 heteroatoms. The van der Waals surface area contributed by atoms with Gasteiger partial charge >= 0.3 is 0 Å². The van der Waals surface area contributed by atoms with Crippen LogP contribution in [-0.2, 0) is 0 Å². The van der Waals surface area contributed by atoms with Gasteiger partial charge in [-0.05, 0) is 12.8 Å². The van der Waals surface area contributed by atoms with Crippen LogP contribution in [0.4, 0.5) is 11.6 Å². The van der Waals surface area contributed by atoms with Crippen molar-refractivity contribution in [1.29, 1.82) is 0 Å². The number of unbranched alkanes of at least 4 members (excludes halogenated alkanes) is 2. The zero-order valence-corrected chi connectivity index (χ0v) is 12.6. The Morgan fingerprint density at radius 2 is 2.00 bits per heavy atom. The van der Waals surface area contributed by atoms with Gasteiger partial charge in [-0.25, -0.2) is 9.97 Å². The molecule has 0 saturated heterocycles. The van der Waals surface area contributed by atoms with Gasteiger partial charge in [-0.1, -0.05) is 26.7 Å². The highest BCUT2D eigenvalue weighted by Crippen LogP contribution is 2.31. The first kappa shape index (κ1) is 15.5. The largest absolute Gasteiger partial charge is 0.490 e. The first-order valence-corrected chi connectivity index (χ1v) is 7.08. The van der Waals surface area contributed by atoms with Crippen LogP contribution in [0, 0.1) is 0 Å². The normalized spacial score (nSPS) is 10.3. The van der Waals surface area contributed by atoms with Gasteiger partial charge in [0.05, 0.1) is 7.11 Å². The molecular formula is C14H26N4O. The summed E-state index contributed by atoms with van der Waals surface area (Å²) in [6, 6.07) is 0. The zero-order valence-electron chi connectivity index (χ0n) is 12.6. The van der Waals surface area contributed by atoms with E-state index in [-0.39, 0.29) is 0 Å². The number of nitrogens with one attached hydrogen (secondary N) is 1. The molecule has 108 valence electrons. The Morgan fingerprint density at radius 1 is 1.21 bits per heavy atom. The van der Waals surface area contributed by atoms with E-state index in [0.717, 1.165) is 43.3 Å². The van der Waals surface area contributed by atoms with Gasteiger partial charge in [0.15, 0.2) is 11.6 Å². The lowest BCUT2D eigenvalue weighted by Gasteiger charge is -2.21. The molecule has 1 heterocycles. The molecule has 0 aliphatic carbocycles. The zero-order chi connectivity index (χ0) is 14.1. The highest BCUT2D eigenvalue weighted by Gasteiger charge is 2.14. The van der Waals surface area contributed by atoms with Crippen molar-refractivity contribution >= 4 is 11.6 Å². The lowest BCUT2D eigenvalue weighted by molar-refractivity contribution is 0.412. The highest BCUT2D eigenvalue weighted by molar-refractivity contribution is 5.64. The molecular weight excluding hydrogens is 240 g/mol. The minimum Gasteiger partial charge on any atom is -0.490 e. The summed E-state index contributed by atoms with van der Waals surface area (Å²) in [7, 11) is 3.71. The van der Waals surface area contributed by atoms with Crippen LogP contribution >= 0.6 is 0 Å². The van der Waals surface area contributed by atoms with Crippen LogP contribution in [0.25, 0.3) is 0 Å². The average molecular weight is 266 g/mol. The standard InChI is InChI=1S/C14H26N4O/c1-5-7-8-10-18(3)14-12(19-4)13(15-9-6-2)16-11-17-14/h11H,5-10H2,1-4H3,(H,15,16,17). The Labute approximate surface area is 116 Å². The van der Waals surface area contributed by atoms with Gasteiger partial charge in [0.1, 0.15) is 6.33 Å². The summed E-state index contributed by atoms with van der Waals surface area (Å²) < 4.78 is 5.47. The summed E-state index contributed by atoms with van der Waals surface area (Å²) in [6.45, 7) is 6.19. The maximum absolute atomic E-state index is 5.47. The molecule has 1 aromatic rings. The van der Waals surface area contributed by atoms with Crippen LogP contribution in [-0.4, -0.2) is 37.2 Å². The van der Waals surface area contributed by atoms with E-state index in [1.54, 1.807) is 13.4 Å². The van der Waals surface area contributed by atoms with Crippen molar-refractivity contribution in [2.24, 2.45) is 0 Å². The van der Waals surface area contributed by atoms with Gasteiger partial charge in [-0.3, -0.25) is 0 Å². The van der Waals surface area contributed by atoms with Crippen molar-refractivity contribution in [3.05, 3.63) is 6.33 Å². The highest BCUT2D eigenvalue weighted by atomic mass is 16.5. The first-order valence-electron chi connectivity index (χ1n) is 7.08. The quantitative estimate of drug-likeness (QED) is 0.696. The van der Waals surface area contributed by atoms with Crippen LogP contribution in [0.1, 0.15) is 39.5 Å². The van der Waals surface area contributed by atoms with Crippen molar-refractivity contribution in [2.75, 3.05) is 37.5 Å². The summed E-state index contributed by atoms with van der Waals surface area (Å²) in [5.41, 5.74) is 0. The third-order valence-electron chi connectivity index (χ3n) is 2.99. The molecule has 0 radical (unpaired) electrons. The molecule has 0 unspecified atom stereocenters. The van der Waals surface area contributed by atoms with Crippen molar-refractivity contribution < 1.29 is 4.74 Å². The maximum Gasteiger partial charge on any atom is 0.204 e. The Hall–Kier alpha value is -1.52. The fourth-order valence-corrected chi connectivity index (χ4v) is 1.90. The topological polar surface area (TPSA) is 50.3 Å². The van der Waals surface area contributed by atoms with E-state index in [1.807, 2.05) is 7.05 Å². The lowest BCUT2D eigenvalue weighted by Crippen LogP contribution is -2.21. The SMILES string of the molecule is CCCCCN(C)c1ncnc(NCCC)c1OC. The number of ether oxygens (including phenoxy) is 1. The number of anilines is 2. The predicted molar refractivity (Wildman–Crippen MR) is 80.2 cm³/mol. The van der Waals surface area contributed by atoms with Crippen LogP contribution in [0.3, 0.4) is 0 Å². The molecule has 1 rings (SSSR count). The Balaban J connectivity index is 2.80. The Kier molecular flexibility index (Phi) is 7.00. The van der Waals surface area contributed by atoms with Crippen LogP contribution < -0.4 is 15.0 Å². The molecule has 0 aromatic carbocycles. The van der Waals surface area contributed by atoms with E-state index in [2.05, 4.69) is 34.0 Å². The lowest BCUT2D eigenvalue weighted by atomic mass is 10.2. The maximum atomic E-state index is 5.47. The summed E-state index contributed by atoms with van der Waals surface area (Å²) in [4.78, 5) is 10.7. The molecule has 0 aliphatic heterocycles. The van der Waals surface area contributed by atoms with Gasteiger partial charge in [0.2, 0.25) is 5.75 Å². The molecule has 1 aromatic heterocycles. The van der Waals surface area contributed by atoms with E-state index < -0.39 is 0 Å². The second-order valence-corrected chi connectivity index (χ2v) is 4.63. The van der Waals surface area contributed by atoms with Crippen molar-refractivity contribution in [3.63, 3.8) is 0 Å². The summed E-state index contributed by atoms with van der Waals surface area (Å²) in [5.74, 6) is 2.36. The average Bonchev–Trinajstić information content (AvgIpc) is 2.44. The molecule has 0 spiro atoms. The van der Waals surface area contributed by atoms with Crippen molar-refractivity contribution in [3.8, 4) is 5.75 Å². The third-order valence-corrected chi connectivity index (χ3v) is 2.99. The van der Waals surface area contributed by atoms with Crippen molar-refractivity contribution in [2.45, 2.75) is 39.5 Å². The fourth-order valence-electron chi connectivity index (χ4n) is 1.90. The number of rotatable bonds is 9. The second-order valence-electron chi connectivity index (χ2n) is 4.63. The summed E-state index contributed by atoms with van der Waals surface area (Å²) >= 11 is 0. The van der Waals surface area contributed by atoms with Gasteiger partial charge in [0, 0.05) is 20.1 Å². The minimum absolute atomic E-state index is 0.731. The van der Waals surface area contributed by atoms with E-state index in [9.17, 15) is 0 Å². The molecule has 0 bridgehead atoms. The fraction of sp³-hybridized carbons (Fsp3) is 0.714. The molecule has 0 saturated carbocycles. The monoisotopic (exact) mass is 266 g/mol. The Bertz CT molecular complexity index is 370. The Morgan fingerprint density at radius 3 is 2.63 bits per heavy atom. The molecule has 0 aliphatic rings. The third kappa shape index (κ3) is 4.58. The van der Waals surface area contributed by atoms with Crippen molar-refractivity contribution in [1.82, 2.24) is 9.97 Å². The number of nitrogens with zero attached hydrogens (tertiary/aromatic N) is 3. The van der Waals surface area contributed by atoms with E-state index in [1.165, 1.54) is 12.8 Å². The van der Waals surface area contributed by atoms with Gasteiger partial charge in [-0.15, -0.1) is 0 Å². The molecule has 0 amide bonds. The van der Waals surface area contributed by atoms with E-state index in [4.69, 9.17) is 4.74 Å². The smallest absolute Gasteiger partial charge is 0.204 e. The van der Waals surface area contributed by atoms with Gasteiger partial charge in [0.25, 0.3) is 0 Å². The first-order chi connectivity index (χ1) is 9.24. The molecule has 0 fully saturated rings. The van der Waals surface area contributed by atoms with Crippen LogP contribution in [0.2, 0.25) is 0 Å². The summed E-state index contributed by atoms with van der Waals surface area (Å²) in [5, 5.41) is 3.27. The molecule has 1 N–H and O–H groups in total. The minimum atomic E-state index is 0.731. The number of methoxy groups -OCH3 is 1. The molecule has 0 atom stereocenters. The van der Waals surface area contributed by atoms with Gasteiger partial charge in [-0.2, -0.15) is 0 Å².